The number of aryl methyl sites for hydroxylation is 1. The monoisotopic (exact) mass is 303 g/mol. The summed E-state index contributed by atoms with van der Waals surface area (Å²) in [6.07, 6.45) is 0. The van der Waals surface area contributed by atoms with E-state index < -0.39 is 28.3 Å². The van der Waals surface area contributed by atoms with Gasteiger partial charge in [-0.25, -0.2) is 17.2 Å². The van der Waals surface area contributed by atoms with E-state index in [4.69, 9.17) is 9.52 Å². The summed E-state index contributed by atoms with van der Waals surface area (Å²) in [5.41, 5.74) is -0.116. The lowest BCUT2D eigenvalue weighted by Crippen LogP contribution is -2.13. The minimum Gasteiger partial charge on any atom is -0.462 e. The van der Waals surface area contributed by atoms with Crippen LogP contribution in [0.2, 0.25) is 0 Å². The maximum absolute atomic E-state index is 13.0. The fraction of sp³-hybridized carbons (Fsp3) is 0.167. The molecule has 2 aromatic rings. The van der Waals surface area contributed by atoms with Gasteiger partial charge in [0, 0.05) is 12.1 Å². The number of halogens is 2. The molecule has 1 aromatic carbocycles. The van der Waals surface area contributed by atoms with E-state index in [0.717, 1.165) is 24.3 Å². The number of furan rings is 1. The maximum atomic E-state index is 13.0. The zero-order valence-electron chi connectivity index (χ0n) is 10.4. The van der Waals surface area contributed by atoms with Crippen LogP contribution >= 0.6 is 0 Å². The molecule has 0 spiro atoms. The van der Waals surface area contributed by atoms with Gasteiger partial charge in [0.1, 0.15) is 23.0 Å². The Balaban J connectivity index is 2.35. The number of nitrogens with one attached hydrogen (secondary N) is 1. The van der Waals surface area contributed by atoms with Crippen molar-refractivity contribution in [2.75, 3.05) is 4.72 Å². The van der Waals surface area contributed by atoms with Crippen molar-refractivity contribution in [1.29, 1.82) is 0 Å². The highest BCUT2D eigenvalue weighted by molar-refractivity contribution is 7.92. The average Bonchev–Trinajstić information content (AvgIpc) is 2.76. The SMILES string of the molecule is Cc1oc(CO)cc1S(=O)(=O)Nc1ccc(F)c(F)c1. The van der Waals surface area contributed by atoms with E-state index in [1.807, 2.05) is 0 Å². The third-order valence-corrected chi connectivity index (χ3v) is 4.03. The van der Waals surface area contributed by atoms with Crippen LogP contribution in [-0.2, 0) is 16.6 Å². The number of hydrogen-bond acceptors (Lipinski definition) is 4. The van der Waals surface area contributed by atoms with Gasteiger partial charge in [-0.15, -0.1) is 0 Å². The van der Waals surface area contributed by atoms with Gasteiger partial charge in [-0.3, -0.25) is 4.72 Å². The molecule has 108 valence electrons. The lowest BCUT2D eigenvalue weighted by atomic mass is 10.3. The zero-order chi connectivity index (χ0) is 14.9. The summed E-state index contributed by atoms with van der Waals surface area (Å²) >= 11 is 0. The normalized spacial score (nSPS) is 11.6. The first kappa shape index (κ1) is 14.5. The topological polar surface area (TPSA) is 79.5 Å². The third-order valence-electron chi connectivity index (χ3n) is 2.54. The molecule has 1 aromatic heterocycles. The number of anilines is 1. The van der Waals surface area contributed by atoms with E-state index in [2.05, 4.69) is 4.72 Å². The summed E-state index contributed by atoms with van der Waals surface area (Å²) in [4.78, 5) is -0.175. The van der Waals surface area contributed by atoms with Gasteiger partial charge in [0.2, 0.25) is 0 Å². The van der Waals surface area contributed by atoms with E-state index >= 15 is 0 Å². The van der Waals surface area contributed by atoms with E-state index in [1.165, 1.54) is 6.92 Å². The second-order valence-corrected chi connectivity index (χ2v) is 5.68. The Kier molecular flexibility index (Phi) is 3.78. The van der Waals surface area contributed by atoms with Gasteiger partial charge in [-0.2, -0.15) is 0 Å². The van der Waals surface area contributed by atoms with Crippen LogP contribution in [0, 0.1) is 18.6 Å². The molecule has 0 unspecified atom stereocenters. The molecule has 0 aliphatic carbocycles. The largest absolute Gasteiger partial charge is 0.462 e. The lowest BCUT2D eigenvalue weighted by molar-refractivity contribution is 0.245. The Hall–Kier alpha value is -1.93. The second kappa shape index (κ2) is 5.22. The molecular weight excluding hydrogens is 292 g/mol. The summed E-state index contributed by atoms with van der Waals surface area (Å²) in [6, 6.07) is 3.81. The molecule has 0 bridgehead atoms. The molecule has 5 nitrogen and oxygen atoms in total. The smallest absolute Gasteiger partial charge is 0.265 e. The molecule has 20 heavy (non-hydrogen) atoms. The summed E-state index contributed by atoms with van der Waals surface area (Å²) in [5, 5.41) is 8.90. The maximum Gasteiger partial charge on any atom is 0.265 e. The molecule has 1 heterocycles. The van der Waals surface area contributed by atoms with Gasteiger partial charge in [0.05, 0.1) is 5.69 Å². The van der Waals surface area contributed by atoms with E-state index in [-0.39, 0.29) is 22.1 Å². The Morgan fingerprint density at radius 2 is 1.95 bits per heavy atom. The van der Waals surface area contributed by atoms with Crippen LogP contribution in [-0.4, -0.2) is 13.5 Å². The predicted molar refractivity (Wildman–Crippen MR) is 66.5 cm³/mol. The predicted octanol–water partition coefficient (Wildman–Crippen LogP) is 2.16. The highest BCUT2D eigenvalue weighted by atomic mass is 32.2. The molecule has 0 radical (unpaired) electrons. The van der Waals surface area contributed by atoms with Crippen LogP contribution in [0.1, 0.15) is 11.5 Å². The van der Waals surface area contributed by atoms with Crippen LogP contribution < -0.4 is 4.72 Å². The Morgan fingerprint density at radius 3 is 2.50 bits per heavy atom. The molecule has 0 aliphatic rings. The Bertz CT molecular complexity index is 740. The van der Waals surface area contributed by atoms with Gasteiger partial charge < -0.3 is 9.52 Å². The fourth-order valence-corrected chi connectivity index (χ4v) is 2.89. The van der Waals surface area contributed by atoms with Crippen molar-refractivity contribution in [1.82, 2.24) is 0 Å². The number of hydrogen-bond donors (Lipinski definition) is 2. The van der Waals surface area contributed by atoms with Crippen LogP contribution in [0.15, 0.2) is 33.6 Å². The van der Waals surface area contributed by atoms with Crippen molar-refractivity contribution in [3.8, 4) is 0 Å². The van der Waals surface area contributed by atoms with Crippen LogP contribution in [0.3, 0.4) is 0 Å². The first-order valence-electron chi connectivity index (χ1n) is 5.51. The fourth-order valence-electron chi connectivity index (χ4n) is 1.64. The molecule has 0 atom stereocenters. The summed E-state index contributed by atoms with van der Waals surface area (Å²) in [5.74, 6) is -2.06. The van der Waals surface area contributed by atoms with E-state index in [9.17, 15) is 17.2 Å². The second-order valence-electron chi connectivity index (χ2n) is 4.03. The minimum atomic E-state index is -4.01. The van der Waals surface area contributed by atoms with E-state index in [0.29, 0.717) is 0 Å². The van der Waals surface area contributed by atoms with Gasteiger partial charge in [0.25, 0.3) is 10.0 Å². The lowest BCUT2D eigenvalue weighted by Gasteiger charge is -2.07. The molecule has 0 fully saturated rings. The van der Waals surface area contributed by atoms with Crippen molar-refractivity contribution in [3.05, 3.63) is 47.4 Å². The molecule has 0 saturated heterocycles. The first-order valence-corrected chi connectivity index (χ1v) is 7.00. The summed E-state index contributed by atoms with van der Waals surface area (Å²) in [6.45, 7) is 0.973. The van der Waals surface area contributed by atoms with Gasteiger partial charge in [-0.05, 0) is 19.1 Å². The number of sulfonamides is 1. The van der Waals surface area contributed by atoms with Crippen molar-refractivity contribution >= 4 is 15.7 Å². The number of aliphatic hydroxyl groups excluding tert-OH is 1. The Labute approximate surface area is 113 Å². The number of rotatable bonds is 4. The number of benzene rings is 1. The average molecular weight is 303 g/mol. The van der Waals surface area contributed by atoms with Crippen LogP contribution in [0.25, 0.3) is 0 Å². The van der Waals surface area contributed by atoms with E-state index in [1.54, 1.807) is 0 Å². The van der Waals surface area contributed by atoms with Crippen molar-refractivity contribution in [2.24, 2.45) is 0 Å². The molecule has 2 rings (SSSR count). The van der Waals surface area contributed by atoms with Crippen LogP contribution in [0.5, 0.6) is 0 Å². The molecule has 2 N–H and O–H groups in total. The van der Waals surface area contributed by atoms with Crippen molar-refractivity contribution in [3.63, 3.8) is 0 Å². The highest BCUT2D eigenvalue weighted by Crippen LogP contribution is 2.23. The zero-order valence-corrected chi connectivity index (χ0v) is 11.2. The highest BCUT2D eigenvalue weighted by Gasteiger charge is 2.21. The molecule has 8 heteroatoms. The summed E-state index contributed by atoms with van der Waals surface area (Å²) < 4.78 is 57.1. The molecule has 0 aliphatic heterocycles. The van der Waals surface area contributed by atoms with Gasteiger partial charge >= 0.3 is 0 Å². The van der Waals surface area contributed by atoms with Crippen molar-refractivity contribution < 1.29 is 26.7 Å². The third kappa shape index (κ3) is 2.81. The molecule has 0 amide bonds. The van der Waals surface area contributed by atoms with Gasteiger partial charge in [0.15, 0.2) is 11.6 Å². The first-order chi connectivity index (χ1) is 9.33. The molecule has 0 saturated carbocycles. The standard InChI is InChI=1S/C12H11F2NO4S/c1-7-12(5-9(6-16)19-7)20(17,18)15-8-2-3-10(13)11(14)4-8/h2-5,15-16H,6H2,1H3. The summed E-state index contributed by atoms with van der Waals surface area (Å²) in [7, 11) is -4.01. The quantitative estimate of drug-likeness (QED) is 0.907. The van der Waals surface area contributed by atoms with Crippen molar-refractivity contribution in [2.45, 2.75) is 18.4 Å². The Morgan fingerprint density at radius 1 is 1.25 bits per heavy atom. The van der Waals surface area contributed by atoms with Crippen LogP contribution in [0.4, 0.5) is 14.5 Å². The minimum absolute atomic E-state index is 0.0872. The molecular formula is C12H11F2NO4S. The number of aliphatic hydroxyl groups is 1. The van der Waals surface area contributed by atoms with Gasteiger partial charge in [-0.1, -0.05) is 0 Å².